The van der Waals surface area contributed by atoms with Crippen molar-refractivity contribution >= 4 is 93.1 Å². The van der Waals surface area contributed by atoms with Gasteiger partial charge in [0.15, 0.2) is 0 Å². The molecule has 3 nitrogen and oxygen atoms in total. The number of benzene rings is 12. The van der Waals surface area contributed by atoms with Gasteiger partial charge in [-0.2, -0.15) is 0 Å². The summed E-state index contributed by atoms with van der Waals surface area (Å²) in [4.78, 5) is 2.33. The molecule has 0 fully saturated rings. The van der Waals surface area contributed by atoms with Gasteiger partial charge in [-0.1, -0.05) is 164 Å². The summed E-state index contributed by atoms with van der Waals surface area (Å²) in [6.45, 7) is 0. The largest absolute Gasteiger partial charge is 0.456 e. The number of anilines is 3. The molecule has 0 amide bonds. The summed E-state index contributed by atoms with van der Waals surface area (Å²) in [6.07, 6.45) is 0. The first-order chi connectivity index (χ1) is 34.2. The molecule has 0 atom stereocenters. The van der Waals surface area contributed by atoms with E-state index >= 15 is 0 Å². The molecule has 3 heteroatoms. The summed E-state index contributed by atoms with van der Waals surface area (Å²) in [5.41, 5.74) is 15.6. The highest BCUT2D eigenvalue weighted by Gasteiger charge is 2.19. The molecule has 322 valence electrons. The summed E-state index contributed by atoms with van der Waals surface area (Å²) in [5, 5.41) is 12.3. The number of fused-ring (bicyclic) bond motifs is 12. The number of aromatic nitrogens is 1. The molecule has 0 spiro atoms. The zero-order valence-electron chi connectivity index (χ0n) is 37.6. The fraction of sp³-hybridized carbons (Fsp3) is 0. The molecule has 0 saturated carbocycles. The average molecular weight is 879 g/mol. The highest BCUT2D eigenvalue weighted by molar-refractivity contribution is 6.26. The molecule has 0 saturated heterocycles. The first-order valence-electron chi connectivity index (χ1n) is 23.6. The molecule has 69 heavy (non-hydrogen) atoms. The summed E-state index contributed by atoms with van der Waals surface area (Å²) < 4.78 is 8.70. The van der Waals surface area contributed by atoms with E-state index in [1.807, 2.05) is 12.1 Å². The lowest BCUT2D eigenvalue weighted by Gasteiger charge is -2.26. The summed E-state index contributed by atoms with van der Waals surface area (Å²) in [5.74, 6) is 0. The van der Waals surface area contributed by atoms with Crippen molar-refractivity contribution in [3.05, 3.63) is 255 Å². The maximum absolute atomic E-state index is 6.24. The minimum atomic E-state index is 0.901. The number of hydrogen-bond acceptors (Lipinski definition) is 2. The highest BCUT2D eigenvalue weighted by atomic mass is 16.3. The van der Waals surface area contributed by atoms with Crippen LogP contribution in [-0.4, -0.2) is 4.57 Å². The molecule has 0 unspecified atom stereocenters. The average Bonchev–Trinajstić information content (AvgIpc) is 3.96. The van der Waals surface area contributed by atoms with Crippen LogP contribution >= 0.6 is 0 Å². The fourth-order valence-corrected chi connectivity index (χ4v) is 10.9. The van der Waals surface area contributed by atoms with Crippen molar-refractivity contribution in [2.75, 3.05) is 4.90 Å². The predicted molar refractivity (Wildman–Crippen MR) is 292 cm³/mol. The van der Waals surface area contributed by atoms with Crippen molar-refractivity contribution in [3.63, 3.8) is 0 Å². The second-order valence-corrected chi connectivity index (χ2v) is 18.1. The van der Waals surface area contributed by atoms with E-state index in [9.17, 15) is 0 Å². The SMILES string of the molecule is c1ccc(-c2ccc(N(c3ccccc3)c3ccc(-c4ccc5c(c4)c4cc(-c6ccc7oc8ccccc8c7c6)ccc4n5-c4ccc5c6ccccc6c6ccccc6c5c4)cc3)cc2)cc1. The number of rotatable bonds is 7. The Labute approximate surface area is 399 Å². The van der Waals surface area contributed by atoms with Gasteiger partial charge >= 0.3 is 0 Å². The number of furan rings is 1. The monoisotopic (exact) mass is 878 g/mol. The molecule has 0 N–H and O–H groups in total. The van der Waals surface area contributed by atoms with Crippen LogP contribution in [0.2, 0.25) is 0 Å². The van der Waals surface area contributed by atoms with E-state index in [-0.39, 0.29) is 0 Å². The van der Waals surface area contributed by atoms with E-state index < -0.39 is 0 Å². The lowest BCUT2D eigenvalue weighted by Crippen LogP contribution is -2.09. The van der Waals surface area contributed by atoms with Gasteiger partial charge in [0.1, 0.15) is 11.2 Å². The number of nitrogens with zero attached hydrogens (tertiary/aromatic N) is 2. The van der Waals surface area contributed by atoms with Crippen molar-refractivity contribution < 1.29 is 4.42 Å². The van der Waals surface area contributed by atoms with Gasteiger partial charge in [-0.15, -0.1) is 0 Å². The number of hydrogen-bond donors (Lipinski definition) is 0. The van der Waals surface area contributed by atoms with Crippen LogP contribution in [0, 0.1) is 0 Å². The Balaban J connectivity index is 0.920. The molecule has 2 heterocycles. The second-order valence-electron chi connectivity index (χ2n) is 18.1. The lowest BCUT2D eigenvalue weighted by molar-refractivity contribution is 0.669. The third kappa shape index (κ3) is 6.43. The Morgan fingerprint density at radius 1 is 0.246 bits per heavy atom. The molecule has 0 aliphatic carbocycles. The molecule has 0 bridgehead atoms. The van der Waals surface area contributed by atoms with Gasteiger partial charge in [-0.05, 0) is 157 Å². The van der Waals surface area contributed by atoms with E-state index in [2.05, 4.69) is 252 Å². The zero-order chi connectivity index (χ0) is 45.4. The van der Waals surface area contributed by atoms with Crippen molar-refractivity contribution in [1.82, 2.24) is 4.57 Å². The quantitative estimate of drug-likeness (QED) is 0.149. The zero-order valence-corrected chi connectivity index (χ0v) is 37.6. The van der Waals surface area contributed by atoms with Gasteiger partial charge < -0.3 is 13.9 Å². The Morgan fingerprint density at radius 3 is 1.26 bits per heavy atom. The van der Waals surface area contributed by atoms with Crippen LogP contribution in [-0.2, 0) is 0 Å². The summed E-state index contributed by atoms with van der Waals surface area (Å²) >= 11 is 0. The second kappa shape index (κ2) is 15.7. The maximum Gasteiger partial charge on any atom is 0.135 e. The smallest absolute Gasteiger partial charge is 0.135 e. The van der Waals surface area contributed by atoms with Crippen molar-refractivity contribution in [1.29, 1.82) is 0 Å². The van der Waals surface area contributed by atoms with E-state index in [1.165, 1.54) is 59.8 Å². The molecule has 0 aliphatic rings. The van der Waals surface area contributed by atoms with E-state index in [4.69, 9.17) is 4.42 Å². The van der Waals surface area contributed by atoms with Crippen LogP contribution in [0.3, 0.4) is 0 Å². The van der Waals surface area contributed by atoms with Gasteiger partial charge in [-0.3, -0.25) is 0 Å². The predicted octanol–water partition coefficient (Wildman–Crippen LogP) is 18.6. The van der Waals surface area contributed by atoms with Crippen molar-refractivity contribution in [3.8, 4) is 39.1 Å². The third-order valence-electron chi connectivity index (χ3n) is 14.2. The highest BCUT2D eigenvalue weighted by Crippen LogP contribution is 2.42. The summed E-state index contributed by atoms with van der Waals surface area (Å²) in [7, 11) is 0. The van der Waals surface area contributed by atoms with Crippen LogP contribution < -0.4 is 4.90 Å². The first-order valence-corrected chi connectivity index (χ1v) is 23.6. The van der Waals surface area contributed by atoms with Crippen LogP contribution in [0.1, 0.15) is 0 Å². The third-order valence-corrected chi connectivity index (χ3v) is 14.2. The molecule has 2 aromatic heterocycles. The van der Waals surface area contributed by atoms with Crippen LogP contribution in [0.4, 0.5) is 17.1 Å². The molecule has 0 radical (unpaired) electrons. The Bertz CT molecular complexity index is 4240. The van der Waals surface area contributed by atoms with Gasteiger partial charge in [0.2, 0.25) is 0 Å². The van der Waals surface area contributed by atoms with E-state index in [0.717, 1.165) is 72.4 Å². The maximum atomic E-state index is 6.24. The standard InChI is InChI=1S/C66H42N2O/c1-3-13-43(14-4-1)44-23-30-50(31-24-44)67(49-15-5-2-6-16-49)51-32-25-45(26-33-51)46-27-36-63-60(39-46)61-40-47(48-29-38-66-62(41-48)58-21-11-12-22-65(58)69-66)28-37-64(61)68(63)52-34-35-57-55-19-8-7-17-53(55)54-18-9-10-20-56(54)59(57)42-52/h1-42H. The van der Waals surface area contributed by atoms with Crippen LogP contribution in [0.15, 0.2) is 259 Å². The van der Waals surface area contributed by atoms with Crippen molar-refractivity contribution in [2.24, 2.45) is 0 Å². The molecule has 0 aliphatic heterocycles. The topological polar surface area (TPSA) is 21.3 Å². The minimum absolute atomic E-state index is 0.901. The van der Waals surface area contributed by atoms with Crippen LogP contribution in [0.25, 0.3) is 115 Å². The first kappa shape index (κ1) is 39.0. The number of para-hydroxylation sites is 2. The van der Waals surface area contributed by atoms with Crippen LogP contribution in [0.5, 0.6) is 0 Å². The van der Waals surface area contributed by atoms with Gasteiger partial charge in [-0.25, -0.2) is 0 Å². The molecule has 14 rings (SSSR count). The molecular weight excluding hydrogens is 837 g/mol. The van der Waals surface area contributed by atoms with E-state index in [0.29, 0.717) is 0 Å². The molecular formula is C66H42N2O. The Kier molecular flexibility index (Phi) is 8.90. The van der Waals surface area contributed by atoms with Crippen molar-refractivity contribution in [2.45, 2.75) is 0 Å². The Hall–Kier alpha value is -9.18. The van der Waals surface area contributed by atoms with Gasteiger partial charge in [0.25, 0.3) is 0 Å². The summed E-state index contributed by atoms with van der Waals surface area (Å²) in [6, 6.07) is 92.6. The Morgan fingerprint density at radius 2 is 0.652 bits per heavy atom. The van der Waals surface area contributed by atoms with Gasteiger partial charge in [0, 0.05) is 44.3 Å². The molecule has 14 aromatic rings. The lowest BCUT2D eigenvalue weighted by atomic mass is 9.94. The molecule has 12 aromatic carbocycles. The fourth-order valence-electron chi connectivity index (χ4n) is 10.9. The normalized spacial score (nSPS) is 11.8. The van der Waals surface area contributed by atoms with Gasteiger partial charge in [0.05, 0.1) is 11.0 Å². The minimum Gasteiger partial charge on any atom is -0.456 e. The van der Waals surface area contributed by atoms with E-state index in [1.54, 1.807) is 0 Å².